The second kappa shape index (κ2) is 13.4. The van der Waals surface area contributed by atoms with Gasteiger partial charge >= 0.3 is 0 Å². The molecular formula is C35H42N2O2. The van der Waals surface area contributed by atoms with Gasteiger partial charge < -0.3 is 15.5 Å². The number of hydrogen-bond donors (Lipinski definition) is 3. The first-order valence-corrected chi connectivity index (χ1v) is 14.2. The molecule has 3 aromatic carbocycles. The van der Waals surface area contributed by atoms with E-state index in [0.29, 0.717) is 11.7 Å². The molecule has 0 bridgehead atoms. The predicted octanol–water partition coefficient (Wildman–Crippen LogP) is 8.30. The summed E-state index contributed by atoms with van der Waals surface area (Å²) >= 11 is 0. The van der Waals surface area contributed by atoms with Crippen molar-refractivity contribution in [2.45, 2.75) is 39.5 Å². The van der Waals surface area contributed by atoms with Crippen molar-refractivity contribution < 1.29 is 10.2 Å². The third-order valence-electron chi connectivity index (χ3n) is 8.36. The van der Waals surface area contributed by atoms with E-state index in [4.69, 9.17) is 0 Å². The Hall–Kier alpha value is -3.63. The summed E-state index contributed by atoms with van der Waals surface area (Å²) in [7, 11) is 1.80. The summed E-state index contributed by atoms with van der Waals surface area (Å²) in [6.45, 7) is 10.9. The van der Waals surface area contributed by atoms with Gasteiger partial charge in [0.1, 0.15) is 11.5 Å². The lowest BCUT2D eigenvalue weighted by Gasteiger charge is -2.37. The second-order valence-electron chi connectivity index (χ2n) is 10.5. The smallest absolute Gasteiger partial charge is 0.124 e. The molecule has 2 aliphatic rings. The summed E-state index contributed by atoms with van der Waals surface area (Å²) < 4.78 is 0. The monoisotopic (exact) mass is 522 g/mol. The number of benzene rings is 3. The van der Waals surface area contributed by atoms with Crippen molar-refractivity contribution in [1.82, 2.24) is 5.32 Å². The van der Waals surface area contributed by atoms with Crippen molar-refractivity contribution in [3.63, 3.8) is 0 Å². The molecule has 0 saturated carbocycles. The first kappa shape index (κ1) is 28.4. The number of allylic oxidation sites excluding steroid dienone is 6. The van der Waals surface area contributed by atoms with E-state index in [2.05, 4.69) is 36.8 Å². The number of fused-ring (bicyclic) bond motifs is 3. The highest BCUT2D eigenvalue weighted by Crippen LogP contribution is 2.36. The minimum absolute atomic E-state index is 0.290. The van der Waals surface area contributed by atoms with E-state index in [1.54, 1.807) is 13.1 Å². The second-order valence-corrected chi connectivity index (χ2v) is 10.5. The van der Waals surface area contributed by atoms with E-state index in [1.165, 1.54) is 30.2 Å². The standard InChI is InChI=1S/C21H32N2O.C14H10O/c1-5-15(19-10-11-23-14-17(19)7-3)12-16(6-2)20-13-18(24)8-9-21(20)22-4;15-14-9-10-5-1-2-6-11(10)12-7-3-4-8-13(12)14/h6,8-9,13,15,17,19,23-24H,2,5,7,10-12,14H2,1,3-4H3;1-9,15H/b20-16+,22-21?;. The number of rotatable bonds is 6. The summed E-state index contributed by atoms with van der Waals surface area (Å²) in [6.07, 6.45) is 12.0. The third kappa shape index (κ3) is 6.51. The Morgan fingerprint density at radius 2 is 1.77 bits per heavy atom. The number of phenolic OH excluding ortho intramolecular Hbond substituents is 1. The van der Waals surface area contributed by atoms with Gasteiger partial charge in [-0.2, -0.15) is 0 Å². The highest BCUT2D eigenvalue weighted by atomic mass is 16.3. The Labute approximate surface area is 233 Å². The van der Waals surface area contributed by atoms with Crippen LogP contribution in [0.5, 0.6) is 5.75 Å². The summed E-state index contributed by atoms with van der Waals surface area (Å²) in [5, 5.41) is 27.6. The van der Waals surface area contributed by atoms with Crippen molar-refractivity contribution >= 4 is 27.3 Å². The van der Waals surface area contributed by atoms with Gasteiger partial charge in [-0.1, -0.05) is 87.9 Å². The van der Waals surface area contributed by atoms with E-state index in [9.17, 15) is 10.2 Å². The molecule has 0 radical (unpaired) electrons. The number of hydrogen-bond acceptors (Lipinski definition) is 4. The van der Waals surface area contributed by atoms with Crippen molar-refractivity contribution in [3.8, 4) is 5.75 Å². The molecule has 1 aliphatic heterocycles. The zero-order valence-electron chi connectivity index (χ0n) is 23.5. The lowest BCUT2D eigenvalue weighted by molar-refractivity contribution is 0.164. The van der Waals surface area contributed by atoms with Crippen LogP contribution in [0, 0.1) is 17.8 Å². The summed E-state index contributed by atoms with van der Waals surface area (Å²) in [4.78, 5) is 4.37. The molecule has 0 spiro atoms. The molecule has 5 rings (SSSR count). The number of aliphatic hydroxyl groups excluding tert-OH is 1. The van der Waals surface area contributed by atoms with Crippen LogP contribution in [0.25, 0.3) is 21.5 Å². The maximum Gasteiger partial charge on any atom is 0.124 e. The van der Waals surface area contributed by atoms with Crippen LogP contribution in [0.1, 0.15) is 39.5 Å². The van der Waals surface area contributed by atoms with Crippen LogP contribution in [-0.4, -0.2) is 36.1 Å². The fourth-order valence-electron chi connectivity index (χ4n) is 6.21. The Morgan fingerprint density at radius 3 is 2.46 bits per heavy atom. The van der Waals surface area contributed by atoms with Crippen LogP contribution < -0.4 is 5.32 Å². The third-order valence-corrected chi connectivity index (χ3v) is 8.36. The van der Waals surface area contributed by atoms with Crippen molar-refractivity contribution in [1.29, 1.82) is 0 Å². The molecule has 1 saturated heterocycles. The normalized spacial score (nSPS) is 22.2. The van der Waals surface area contributed by atoms with Crippen molar-refractivity contribution in [2.24, 2.45) is 22.7 Å². The fraction of sp³-hybridized carbons (Fsp3) is 0.343. The zero-order chi connectivity index (χ0) is 27.8. The highest BCUT2D eigenvalue weighted by molar-refractivity contribution is 6.12. The molecule has 0 aromatic heterocycles. The van der Waals surface area contributed by atoms with Gasteiger partial charge in [0.2, 0.25) is 0 Å². The van der Waals surface area contributed by atoms with E-state index in [1.807, 2.05) is 66.8 Å². The highest BCUT2D eigenvalue weighted by Gasteiger charge is 2.30. The van der Waals surface area contributed by atoms with Gasteiger partial charge in [0.15, 0.2) is 0 Å². The molecular weight excluding hydrogens is 480 g/mol. The number of nitrogens with zero attached hydrogens (tertiary/aromatic N) is 1. The topological polar surface area (TPSA) is 64.8 Å². The van der Waals surface area contributed by atoms with Crippen molar-refractivity contribution in [3.05, 3.63) is 102 Å². The zero-order valence-corrected chi connectivity index (χ0v) is 23.5. The number of aliphatic hydroxyl groups is 1. The summed E-state index contributed by atoms with van der Waals surface area (Å²) in [5.74, 6) is 2.81. The van der Waals surface area contributed by atoms with E-state index < -0.39 is 0 Å². The van der Waals surface area contributed by atoms with Gasteiger partial charge in [-0.25, -0.2) is 0 Å². The van der Waals surface area contributed by atoms with E-state index >= 15 is 0 Å². The molecule has 1 fully saturated rings. The molecule has 39 heavy (non-hydrogen) atoms. The van der Waals surface area contributed by atoms with Crippen LogP contribution in [0.2, 0.25) is 0 Å². The summed E-state index contributed by atoms with van der Waals surface area (Å²) in [5.41, 5.74) is 3.15. The maximum atomic E-state index is 9.90. The van der Waals surface area contributed by atoms with Crippen LogP contribution >= 0.6 is 0 Å². The van der Waals surface area contributed by atoms with Gasteiger partial charge in [-0.05, 0) is 89.7 Å². The molecule has 204 valence electrons. The minimum Gasteiger partial charge on any atom is -0.508 e. The first-order valence-electron chi connectivity index (χ1n) is 14.2. The number of aromatic hydroxyl groups is 1. The van der Waals surface area contributed by atoms with Crippen LogP contribution in [0.4, 0.5) is 0 Å². The maximum absolute atomic E-state index is 9.90. The lowest BCUT2D eigenvalue weighted by Crippen LogP contribution is -2.39. The van der Waals surface area contributed by atoms with Gasteiger partial charge in [-0.3, -0.25) is 4.99 Å². The summed E-state index contributed by atoms with van der Waals surface area (Å²) in [6, 6.07) is 17.8. The first-order chi connectivity index (χ1) is 19.0. The van der Waals surface area contributed by atoms with E-state index in [-0.39, 0.29) is 5.76 Å². The van der Waals surface area contributed by atoms with Gasteiger partial charge in [-0.15, -0.1) is 0 Å². The Kier molecular flexibility index (Phi) is 9.78. The number of aliphatic imine (C=N–C) groups is 1. The van der Waals surface area contributed by atoms with Gasteiger partial charge in [0.25, 0.3) is 0 Å². The molecule has 3 aromatic rings. The number of phenols is 1. The average molecular weight is 523 g/mol. The molecule has 0 amide bonds. The van der Waals surface area contributed by atoms with Crippen molar-refractivity contribution in [2.75, 3.05) is 20.1 Å². The SMILES string of the molecule is C=C/C(CC(CC)C1CCNCC1CC)=C1/C=C(O)C=CC1=NC.Oc1cc2ccccc2c2ccccc12. The van der Waals surface area contributed by atoms with Gasteiger partial charge in [0, 0.05) is 18.0 Å². The molecule has 1 heterocycles. The molecule has 4 nitrogen and oxygen atoms in total. The van der Waals surface area contributed by atoms with Crippen LogP contribution in [-0.2, 0) is 0 Å². The van der Waals surface area contributed by atoms with Crippen LogP contribution in [0.15, 0.2) is 107 Å². The Balaban J connectivity index is 0.000000199. The van der Waals surface area contributed by atoms with E-state index in [0.717, 1.165) is 58.8 Å². The largest absolute Gasteiger partial charge is 0.508 e. The molecule has 3 unspecified atom stereocenters. The quantitative estimate of drug-likeness (QED) is 0.285. The van der Waals surface area contributed by atoms with Gasteiger partial charge in [0.05, 0.1) is 5.71 Å². The lowest BCUT2D eigenvalue weighted by atomic mass is 9.72. The Bertz CT molecular complexity index is 1430. The molecule has 3 atom stereocenters. The average Bonchev–Trinajstić information content (AvgIpc) is 2.98. The molecule has 4 heteroatoms. The van der Waals surface area contributed by atoms with Crippen LogP contribution in [0.3, 0.4) is 0 Å². The minimum atomic E-state index is 0.290. The number of nitrogens with one attached hydrogen (secondary N) is 1. The number of piperidine rings is 1. The predicted molar refractivity (Wildman–Crippen MR) is 167 cm³/mol. The Morgan fingerprint density at radius 1 is 1.05 bits per heavy atom. The molecule has 1 aliphatic carbocycles. The fourth-order valence-corrected chi connectivity index (χ4v) is 6.21. The molecule has 3 N–H and O–H groups in total.